The number of pyridine rings is 1. The lowest BCUT2D eigenvalue weighted by molar-refractivity contribution is -0.122. The molecule has 0 radical (unpaired) electrons. The minimum Gasteiger partial charge on any atom is -0.354 e. The summed E-state index contributed by atoms with van der Waals surface area (Å²) >= 11 is 6.39. The van der Waals surface area contributed by atoms with Gasteiger partial charge in [-0.2, -0.15) is 0 Å². The van der Waals surface area contributed by atoms with Gasteiger partial charge < -0.3 is 14.4 Å². The number of benzene rings is 1. The number of hydrogen-bond donors (Lipinski definition) is 0. The molecule has 2 aliphatic heterocycles. The topological polar surface area (TPSA) is 48.8 Å². The van der Waals surface area contributed by atoms with Gasteiger partial charge in [0.15, 0.2) is 5.82 Å². The van der Waals surface area contributed by atoms with Crippen LogP contribution in [0.3, 0.4) is 0 Å². The largest absolute Gasteiger partial charge is 0.354 e. The second kappa shape index (κ2) is 6.69. The zero-order valence-corrected chi connectivity index (χ0v) is 18.5. The van der Waals surface area contributed by atoms with Crippen LogP contribution in [0.4, 0.5) is 15.8 Å². The Morgan fingerprint density at radius 1 is 1.13 bits per heavy atom. The van der Waals surface area contributed by atoms with E-state index in [0.29, 0.717) is 40.4 Å². The van der Waals surface area contributed by atoms with Crippen molar-refractivity contribution >= 4 is 39.8 Å². The van der Waals surface area contributed by atoms with Crippen LogP contribution >= 0.6 is 11.6 Å². The van der Waals surface area contributed by atoms with Crippen molar-refractivity contribution in [2.75, 3.05) is 29.9 Å². The Kier molecular flexibility index (Phi) is 4.42. The van der Waals surface area contributed by atoms with Crippen LogP contribution in [0.15, 0.2) is 10.9 Å². The molecule has 1 aliphatic carbocycles. The molecule has 0 bridgehead atoms. The molecule has 1 aromatic carbocycles. The van der Waals surface area contributed by atoms with Crippen LogP contribution in [0.2, 0.25) is 5.02 Å². The maximum Gasteiger partial charge on any atom is 0.277 e. The minimum absolute atomic E-state index is 0.0268. The van der Waals surface area contributed by atoms with Crippen LogP contribution in [0, 0.1) is 12.7 Å². The number of anilines is 2. The van der Waals surface area contributed by atoms with Crippen molar-refractivity contribution in [1.29, 1.82) is 0 Å². The molecule has 1 amide bonds. The summed E-state index contributed by atoms with van der Waals surface area (Å²) in [6.07, 6.45) is 2.81. The van der Waals surface area contributed by atoms with Crippen LogP contribution in [-0.2, 0) is 11.8 Å². The number of piperazine rings is 1. The first-order valence-electron chi connectivity index (χ1n) is 10.5. The molecule has 1 saturated heterocycles. The van der Waals surface area contributed by atoms with Gasteiger partial charge in [0.25, 0.3) is 11.5 Å². The highest BCUT2D eigenvalue weighted by Gasteiger charge is 2.48. The van der Waals surface area contributed by atoms with Gasteiger partial charge in [-0.3, -0.25) is 14.5 Å². The molecule has 8 heteroatoms. The van der Waals surface area contributed by atoms with Crippen LogP contribution in [0.5, 0.6) is 0 Å². The van der Waals surface area contributed by atoms with E-state index in [4.69, 9.17) is 11.6 Å². The number of amides is 1. The summed E-state index contributed by atoms with van der Waals surface area (Å²) < 4.78 is 16.6. The predicted molar refractivity (Wildman–Crippen MR) is 117 cm³/mol. The Morgan fingerprint density at radius 3 is 2.47 bits per heavy atom. The lowest BCUT2D eigenvalue weighted by Crippen LogP contribution is -2.67. The second-order valence-electron chi connectivity index (χ2n) is 9.00. The van der Waals surface area contributed by atoms with Gasteiger partial charge >= 0.3 is 0 Å². The molecule has 1 aromatic heterocycles. The standard InChI is InChI=1S/C22H26ClFN4O2/c1-11-9-27-16(10-25(11)3)21(29)28(13-6-5-7-13)20-19(27)14-8-15(23)12(2)17(24)18(14)26(4)22(20)30/h8,11,13,16H,5-7,9-10H2,1-4H3. The Labute approximate surface area is 179 Å². The summed E-state index contributed by atoms with van der Waals surface area (Å²) in [6.45, 7) is 4.88. The van der Waals surface area contributed by atoms with Gasteiger partial charge in [-0.05, 0) is 46.2 Å². The lowest BCUT2D eigenvalue weighted by atomic mass is 9.88. The molecule has 1 saturated carbocycles. The van der Waals surface area contributed by atoms with E-state index in [1.54, 1.807) is 24.9 Å². The number of carbonyl (C=O) groups excluding carboxylic acids is 1. The maximum atomic E-state index is 15.3. The van der Waals surface area contributed by atoms with E-state index in [2.05, 4.69) is 11.8 Å². The van der Waals surface area contributed by atoms with Gasteiger partial charge in [-0.25, -0.2) is 4.39 Å². The van der Waals surface area contributed by atoms with Crippen molar-refractivity contribution < 1.29 is 9.18 Å². The summed E-state index contributed by atoms with van der Waals surface area (Å²) in [4.78, 5) is 33.0. The monoisotopic (exact) mass is 432 g/mol. The Bertz CT molecular complexity index is 1140. The molecule has 0 N–H and O–H groups in total. The van der Waals surface area contributed by atoms with Crippen LogP contribution in [-0.4, -0.2) is 53.6 Å². The zero-order valence-electron chi connectivity index (χ0n) is 17.7. The molecule has 0 spiro atoms. The van der Waals surface area contributed by atoms with Gasteiger partial charge in [-0.15, -0.1) is 0 Å². The molecule has 5 rings (SSSR count). The highest BCUT2D eigenvalue weighted by atomic mass is 35.5. The van der Waals surface area contributed by atoms with E-state index in [1.807, 2.05) is 11.9 Å². The van der Waals surface area contributed by atoms with Crippen LogP contribution < -0.4 is 15.4 Å². The molecule has 2 aromatic rings. The Hall–Kier alpha value is -2.12. The summed E-state index contributed by atoms with van der Waals surface area (Å²) in [5.74, 6) is -0.508. The van der Waals surface area contributed by atoms with Crippen molar-refractivity contribution in [1.82, 2.24) is 9.47 Å². The predicted octanol–water partition coefficient (Wildman–Crippen LogP) is 3.05. The van der Waals surface area contributed by atoms with Crippen molar-refractivity contribution in [3.8, 4) is 0 Å². The van der Waals surface area contributed by atoms with Crippen LogP contribution in [0.1, 0.15) is 31.7 Å². The zero-order chi connectivity index (χ0) is 21.5. The normalized spacial score (nSPS) is 24.8. The maximum absolute atomic E-state index is 15.3. The number of nitrogens with zero attached hydrogens (tertiary/aromatic N) is 4. The summed E-state index contributed by atoms with van der Waals surface area (Å²) in [6, 6.07) is 1.58. The van der Waals surface area contributed by atoms with E-state index >= 15 is 4.39 Å². The van der Waals surface area contributed by atoms with E-state index < -0.39 is 11.9 Å². The molecule has 2 fully saturated rings. The highest BCUT2D eigenvalue weighted by molar-refractivity contribution is 6.32. The number of carbonyl (C=O) groups is 1. The molecule has 2 unspecified atom stereocenters. The molecule has 2 atom stereocenters. The van der Waals surface area contributed by atoms with Crippen molar-refractivity contribution in [3.05, 3.63) is 32.8 Å². The van der Waals surface area contributed by atoms with Crippen molar-refractivity contribution in [2.45, 2.75) is 51.2 Å². The molecule has 30 heavy (non-hydrogen) atoms. The SMILES string of the molecule is Cc1c(Cl)cc2c3c(c(=O)n(C)c2c1F)N(C1CCC1)C(=O)C1CN(C)C(C)CN31. The molecule has 160 valence electrons. The quantitative estimate of drug-likeness (QED) is 0.695. The minimum atomic E-state index is -0.481. The third-order valence-electron chi connectivity index (χ3n) is 7.28. The Morgan fingerprint density at radius 2 is 1.83 bits per heavy atom. The van der Waals surface area contributed by atoms with Gasteiger partial charge in [-0.1, -0.05) is 11.6 Å². The van der Waals surface area contributed by atoms with Gasteiger partial charge in [0.05, 0.1) is 11.2 Å². The van der Waals surface area contributed by atoms with Gasteiger partial charge in [0, 0.05) is 48.2 Å². The first-order chi connectivity index (χ1) is 14.2. The second-order valence-corrected chi connectivity index (χ2v) is 9.41. The number of aryl methyl sites for hydroxylation is 1. The van der Waals surface area contributed by atoms with Gasteiger partial charge in [0.1, 0.15) is 11.7 Å². The fraction of sp³-hybridized carbons (Fsp3) is 0.545. The first kappa shape index (κ1) is 19.8. The van der Waals surface area contributed by atoms with E-state index in [-0.39, 0.29) is 29.1 Å². The average Bonchev–Trinajstić information content (AvgIpc) is 2.66. The van der Waals surface area contributed by atoms with E-state index in [9.17, 15) is 9.59 Å². The van der Waals surface area contributed by atoms with E-state index in [0.717, 1.165) is 19.3 Å². The molecular formula is C22H26ClFN4O2. The number of hydrogen-bond acceptors (Lipinski definition) is 4. The molecule has 6 nitrogen and oxygen atoms in total. The van der Waals surface area contributed by atoms with Gasteiger partial charge in [0.2, 0.25) is 0 Å². The number of likely N-dealkylation sites (N-methyl/N-ethyl adjacent to an activating group) is 1. The highest BCUT2D eigenvalue weighted by Crippen LogP contribution is 2.45. The van der Waals surface area contributed by atoms with Crippen LogP contribution in [0.25, 0.3) is 10.9 Å². The fourth-order valence-corrected chi connectivity index (χ4v) is 5.24. The smallest absolute Gasteiger partial charge is 0.277 e. The number of aromatic nitrogens is 1. The number of fused-ring (bicyclic) bond motifs is 5. The lowest BCUT2D eigenvalue weighted by Gasteiger charge is -2.52. The molecular weight excluding hydrogens is 407 g/mol. The summed E-state index contributed by atoms with van der Waals surface area (Å²) in [7, 11) is 3.59. The third-order valence-corrected chi connectivity index (χ3v) is 7.68. The average molecular weight is 433 g/mol. The van der Waals surface area contributed by atoms with Crippen molar-refractivity contribution in [3.63, 3.8) is 0 Å². The fourth-order valence-electron chi connectivity index (χ4n) is 5.05. The Balaban J connectivity index is 1.89. The number of halogens is 2. The molecule has 3 heterocycles. The third kappa shape index (κ3) is 2.51. The first-order valence-corrected chi connectivity index (χ1v) is 10.9. The van der Waals surface area contributed by atoms with Crippen molar-refractivity contribution in [2.24, 2.45) is 7.05 Å². The summed E-state index contributed by atoms with van der Waals surface area (Å²) in [5.41, 5.74) is 1.28. The van der Waals surface area contributed by atoms with E-state index in [1.165, 1.54) is 4.57 Å². The molecule has 3 aliphatic rings. The summed E-state index contributed by atoms with van der Waals surface area (Å²) in [5, 5.41) is 0.922. The number of rotatable bonds is 1.